The van der Waals surface area contributed by atoms with Gasteiger partial charge in [0.2, 0.25) is 0 Å². The summed E-state index contributed by atoms with van der Waals surface area (Å²) in [5.41, 5.74) is 12.4. The minimum Gasteiger partial charge on any atom is -0.326 e. The van der Waals surface area contributed by atoms with Crippen molar-refractivity contribution in [3.05, 3.63) is 66.2 Å². The van der Waals surface area contributed by atoms with E-state index in [1.165, 1.54) is 31.2 Å². The van der Waals surface area contributed by atoms with Crippen molar-refractivity contribution in [1.29, 1.82) is 0 Å². The molecule has 0 aromatic heterocycles. The highest BCUT2D eigenvalue weighted by Crippen LogP contribution is 2.13. The summed E-state index contributed by atoms with van der Waals surface area (Å²) in [6.45, 7) is 3.87. The standard InChI is InChI=1S/C21H31N3/c1-2-3-4-9-14-20(22)18-24(21-15-10-6-11-16-21)23-17-19-12-7-5-8-13-19/h5-8,10-13,15-16,20,23H,2-4,9,14,17-18,22H2,1H3. The van der Waals surface area contributed by atoms with Crippen LogP contribution in [0.3, 0.4) is 0 Å². The van der Waals surface area contributed by atoms with E-state index in [4.69, 9.17) is 5.73 Å². The van der Waals surface area contributed by atoms with Crippen molar-refractivity contribution in [3.8, 4) is 0 Å². The van der Waals surface area contributed by atoms with Crippen LogP contribution in [-0.2, 0) is 6.54 Å². The van der Waals surface area contributed by atoms with Gasteiger partial charge in [0, 0.05) is 19.1 Å². The van der Waals surface area contributed by atoms with Gasteiger partial charge in [-0.25, -0.2) is 5.43 Å². The van der Waals surface area contributed by atoms with E-state index in [2.05, 4.69) is 65.9 Å². The van der Waals surface area contributed by atoms with E-state index in [1.54, 1.807) is 0 Å². The van der Waals surface area contributed by atoms with Crippen LogP contribution < -0.4 is 16.2 Å². The lowest BCUT2D eigenvalue weighted by atomic mass is 10.1. The van der Waals surface area contributed by atoms with Gasteiger partial charge in [0.25, 0.3) is 0 Å². The average molecular weight is 326 g/mol. The summed E-state index contributed by atoms with van der Waals surface area (Å²) < 4.78 is 0. The Morgan fingerprint density at radius 2 is 1.58 bits per heavy atom. The molecular weight excluding hydrogens is 294 g/mol. The molecule has 2 aromatic carbocycles. The summed E-state index contributed by atoms with van der Waals surface area (Å²) in [5.74, 6) is 0. The number of hydrogen-bond acceptors (Lipinski definition) is 3. The zero-order valence-electron chi connectivity index (χ0n) is 14.8. The molecule has 1 atom stereocenters. The molecule has 3 nitrogen and oxygen atoms in total. The van der Waals surface area contributed by atoms with Crippen molar-refractivity contribution in [2.45, 2.75) is 51.6 Å². The van der Waals surface area contributed by atoms with Crippen LogP contribution >= 0.6 is 0 Å². The van der Waals surface area contributed by atoms with E-state index < -0.39 is 0 Å². The van der Waals surface area contributed by atoms with E-state index >= 15 is 0 Å². The predicted molar refractivity (Wildman–Crippen MR) is 104 cm³/mol. The summed E-state index contributed by atoms with van der Waals surface area (Å²) in [7, 11) is 0. The Balaban J connectivity index is 1.90. The van der Waals surface area contributed by atoms with Crippen molar-refractivity contribution in [2.75, 3.05) is 11.6 Å². The molecule has 0 heterocycles. The molecule has 0 aliphatic heterocycles. The van der Waals surface area contributed by atoms with Crippen LogP contribution in [0.1, 0.15) is 44.6 Å². The Kier molecular flexibility index (Phi) is 8.36. The Bertz CT molecular complexity index is 542. The van der Waals surface area contributed by atoms with Crippen LogP contribution in [0.2, 0.25) is 0 Å². The van der Waals surface area contributed by atoms with Crippen molar-refractivity contribution in [1.82, 2.24) is 5.43 Å². The van der Waals surface area contributed by atoms with Gasteiger partial charge in [-0.2, -0.15) is 0 Å². The second kappa shape index (κ2) is 10.8. The van der Waals surface area contributed by atoms with Crippen LogP contribution in [-0.4, -0.2) is 12.6 Å². The van der Waals surface area contributed by atoms with Gasteiger partial charge in [-0.1, -0.05) is 81.1 Å². The molecule has 0 aliphatic carbocycles. The fourth-order valence-corrected chi connectivity index (χ4v) is 2.81. The first-order valence-corrected chi connectivity index (χ1v) is 9.15. The first kappa shape index (κ1) is 18.5. The molecular formula is C21H31N3. The van der Waals surface area contributed by atoms with E-state index in [-0.39, 0.29) is 6.04 Å². The number of benzene rings is 2. The third kappa shape index (κ3) is 6.73. The van der Waals surface area contributed by atoms with Crippen molar-refractivity contribution >= 4 is 5.69 Å². The lowest BCUT2D eigenvalue weighted by Crippen LogP contribution is -2.45. The summed E-state index contributed by atoms with van der Waals surface area (Å²) in [5, 5.41) is 2.19. The van der Waals surface area contributed by atoms with Gasteiger partial charge in [-0.05, 0) is 24.1 Å². The van der Waals surface area contributed by atoms with Gasteiger partial charge >= 0.3 is 0 Å². The maximum absolute atomic E-state index is 6.38. The Morgan fingerprint density at radius 1 is 0.917 bits per heavy atom. The number of para-hydroxylation sites is 1. The van der Waals surface area contributed by atoms with Gasteiger partial charge in [0.1, 0.15) is 0 Å². The van der Waals surface area contributed by atoms with Crippen LogP contribution in [0.5, 0.6) is 0 Å². The lowest BCUT2D eigenvalue weighted by molar-refractivity contribution is 0.507. The fraction of sp³-hybridized carbons (Fsp3) is 0.429. The normalized spacial score (nSPS) is 12.1. The largest absolute Gasteiger partial charge is 0.326 e. The SMILES string of the molecule is CCCCCCC(N)CN(NCc1ccccc1)c1ccccc1. The molecule has 0 radical (unpaired) electrons. The molecule has 0 spiro atoms. The number of rotatable bonds is 11. The third-order valence-corrected chi connectivity index (χ3v) is 4.23. The number of nitrogens with two attached hydrogens (primary N) is 1. The molecule has 0 amide bonds. The van der Waals surface area contributed by atoms with Gasteiger partial charge in [0.05, 0.1) is 5.69 Å². The number of anilines is 1. The van der Waals surface area contributed by atoms with E-state index in [1.807, 2.05) is 12.1 Å². The highest BCUT2D eigenvalue weighted by Gasteiger charge is 2.11. The molecule has 3 N–H and O–H groups in total. The monoisotopic (exact) mass is 325 g/mol. The summed E-state index contributed by atoms with van der Waals surface area (Å²) in [4.78, 5) is 0. The predicted octanol–water partition coefficient (Wildman–Crippen LogP) is 4.50. The summed E-state index contributed by atoms with van der Waals surface area (Å²) in [6.07, 6.45) is 6.16. The van der Waals surface area contributed by atoms with Gasteiger partial charge in [0.15, 0.2) is 0 Å². The smallest absolute Gasteiger partial charge is 0.0520 e. The van der Waals surface area contributed by atoms with E-state index in [0.717, 1.165) is 25.2 Å². The molecule has 1 unspecified atom stereocenters. The van der Waals surface area contributed by atoms with Crippen molar-refractivity contribution < 1.29 is 0 Å². The Hall–Kier alpha value is -1.84. The number of unbranched alkanes of at least 4 members (excludes halogenated alkanes) is 3. The van der Waals surface area contributed by atoms with E-state index in [0.29, 0.717) is 0 Å². The molecule has 2 rings (SSSR count). The average Bonchev–Trinajstić information content (AvgIpc) is 2.64. The van der Waals surface area contributed by atoms with Crippen molar-refractivity contribution in [3.63, 3.8) is 0 Å². The third-order valence-electron chi connectivity index (χ3n) is 4.23. The fourth-order valence-electron chi connectivity index (χ4n) is 2.81. The number of nitrogens with one attached hydrogen (secondary N) is 1. The molecule has 0 fully saturated rings. The van der Waals surface area contributed by atoms with Gasteiger partial charge < -0.3 is 10.7 Å². The van der Waals surface area contributed by atoms with Crippen LogP contribution in [0.25, 0.3) is 0 Å². The first-order valence-electron chi connectivity index (χ1n) is 9.15. The Morgan fingerprint density at radius 3 is 2.25 bits per heavy atom. The molecule has 24 heavy (non-hydrogen) atoms. The molecule has 0 aliphatic rings. The second-order valence-electron chi connectivity index (χ2n) is 6.38. The van der Waals surface area contributed by atoms with Gasteiger partial charge in [-0.3, -0.25) is 0 Å². The zero-order valence-corrected chi connectivity index (χ0v) is 14.8. The molecule has 0 saturated heterocycles. The van der Waals surface area contributed by atoms with Gasteiger partial charge in [-0.15, -0.1) is 0 Å². The molecule has 0 saturated carbocycles. The van der Waals surface area contributed by atoms with Crippen molar-refractivity contribution in [2.24, 2.45) is 5.73 Å². The number of hydrazine groups is 1. The molecule has 3 heteroatoms. The number of hydrogen-bond donors (Lipinski definition) is 2. The lowest BCUT2D eigenvalue weighted by Gasteiger charge is -2.28. The highest BCUT2D eigenvalue weighted by molar-refractivity contribution is 5.45. The molecule has 0 bridgehead atoms. The topological polar surface area (TPSA) is 41.3 Å². The zero-order chi connectivity index (χ0) is 17.0. The van der Waals surface area contributed by atoms with Crippen LogP contribution in [0, 0.1) is 0 Å². The maximum atomic E-state index is 6.38. The Labute approximate surface area is 146 Å². The first-order chi connectivity index (χ1) is 11.8. The minimum absolute atomic E-state index is 0.185. The highest BCUT2D eigenvalue weighted by atomic mass is 15.5. The number of nitrogens with zero attached hydrogens (tertiary/aromatic N) is 1. The molecule has 2 aromatic rings. The molecule has 130 valence electrons. The maximum Gasteiger partial charge on any atom is 0.0520 e. The summed E-state index contributed by atoms with van der Waals surface area (Å²) >= 11 is 0. The van der Waals surface area contributed by atoms with E-state index in [9.17, 15) is 0 Å². The second-order valence-corrected chi connectivity index (χ2v) is 6.38. The van der Waals surface area contributed by atoms with Crippen LogP contribution in [0.4, 0.5) is 5.69 Å². The minimum atomic E-state index is 0.185. The van der Waals surface area contributed by atoms with Crippen LogP contribution in [0.15, 0.2) is 60.7 Å². The summed E-state index contributed by atoms with van der Waals surface area (Å²) in [6, 6.07) is 21.1. The quantitative estimate of drug-likeness (QED) is 0.472.